The van der Waals surface area contributed by atoms with Crippen molar-refractivity contribution in [2.24, 2.45) is 5.73 Å². The topological polar surface area (TPSA) is 111 Å². The first kappa shape index (κ1) is 16.4. The van der Waals surface area contributed by atoms with Gasteiger partial charge in [-0.05, 0) is 12.5 Å². The first-order chi connectivity index (χ1) is 9.33. The second-order valence-electron chi connectivity index (χ2n) is 4.41. The second-order valence-corrected chi connectivity index (χ2v) is 6.67. The SMILES string of the molecule is COc1ncccc1CNC(=O)C(N)CCS(C)(=O)=O. The van der Waals surface area contributed by atoms with Gasteiger partial charge in [0, 0.05) is 24.6 Å². The van der Waals surface area contributed by atoms with Gasteiger partial charge in [-0.25, -0.2) is 13.4 Å². The number of nitrogens with two attached hydrogens (primary N) is 1. The van der Waals surface area contributed by atoms with E-state index in [1.807, 2.05) is 0 Å². The maximum absolute atomic E-state index is 11.7. The highest BCUT2D eigenvalue weighted by molar-refractivity contribution is 7.90. The number of methoxy groups -OCH3 is 1. The molecule has 0 aromatic carbocycles. The smallest absolute Gasteiger partial charge is 0.237 e. The molecule has 0 bridgehead atoms. The molecule has 3 N–H and O–H groups in total. The summed E-state index contributed by atoms with van der Waals surface area (Å²) in [5.74, 6) is -0.0882. The number of carbonyl (C=O) groups excluding carboxylic acids is 1. The van der Waals surface area contributed by atoms with Crippen molar-refractivity contribution in [3.63, 3.8) is 0 Å². The third-order valence-corrected chi connectivity index (χ3v) is 3.61. The van der Waals surface area contributed by atoms with Crippen LogP contribution in [-0.4, -0.2) is 44.5 Å². The zero-order chi connectivity index (χ0) is 15.2. The summed E-state index contributed by atoms with van der Waals surface area (Å²) in [6.07, 6.45) is 2.79. The zero-order valence-electron chi connectivity index (χ0n) is 11.5. The molecule has 0 aliphatic rings. The normalized spacial score (nSPS) is 12.8. The summed E-state index contributed by atoms with van der Waals surface area (Å²) >= 11 is 0. The van der Waals surface area contributed by atoms with Crippen LogP contribution in [0.25, 0.3) is 0 Å². The molecule has 0 fully saturated rings. The summed E-state index contributed by atoms with van der Waals surface area (Å²) in [6.45, 7) is 0.225. The van der Waals surface area contributed by atoms with Gasteiger partial charge in [-0.2, -0.15) is 0 Å². The molecule has 1 rings (SSSR count). The van der Waals surface area contributed by atoms with Gasteiger partial charge in [-0.15, -0.1) is 0 Å². The standard InChI is InChI=1S/C12H19N3O4S/c1-19-12-9(4-3-6-14-12)8-15-11(16)10(13)5-7-20(2,17)18/h3-4,6,10H,5,7-8,13H2,1-2H3,(H,15,16). The monoisotopic (exact) mass is 301 g/mol. The van der Waals surface area contributed by atoms with Gasteiger partial charge in [0.15, 0.2) is 0 Å². The number of sulfone groups is 1. The first-order valence-corrected chi connectivity index (χ1v) is 8.08. The van der Waals surface area contributed by atoms with Gasteiger partial charge in [-0.3, -0.25) is 4.79 Å². The van der Waals surface area contributed by atoms with Crippen LogP contribution in [0, 0.1) is 0 Å². The molecule has 112 valence electrons. The molecular weight excluding hydrogens is 282 g/mol. The minimum absolute atomic E-state index is 0.0921. The molecule has 20 heavy (non-hydrogen) atoms. The summed E-state index contributed by atoms with van der Waals surface area (Å²) in [7, 11) is -1.63. The fourth-order valence-corrected chi connectivity index (χ4v) is 2.21. The Kier molecular flexibility index (Phi) is 5.90. The molecule has 1 heterocycles. The molecule has 1 aromatic rings. The van der Waals surface area contributed by atoms with E-state index in [4.69, 9.17) is 10.5 Å². The molecule has 7 nitrogen and oxygen atoms in total. The van der Waals surface area contributed by atoms with Crippen molar-refractivity contribution < 1.29 is 17.9 Å². The second kappa shape index (κ2) is 7.20. The van der Waals surface area contributed by atoms with Crippen molar-refractivity contribution in [1.29, 1.82) is 0 Å². The lowest BCUT2D eigenvalue weighted by Crippen LogP contribution is -2.41. The third kappa shape index (κ3) is 5.54. The molecule has 0 saturated carbocycles. The highest BCUT2D eigenvalue weighted by Crippen LogP contribution is 2.12. The van der Waals surface area contributed by atoms with Crippen molar-refractivity contribution in [3.05, 3.63) is 23.9 Å². The molecule has 0 spiro atoms. The van der Waals surface area contributed by atoms with E-state index in [9.17, 15) is 13.2 Å². The molecule has 1 unspecified atom stereocenters. The number of nitrogens with zero attached hydrogens (tertiary/aromatic N) is 1. The maximum atomic E-state index is 11.7. The van der Waals surface area contributed by atoms with Crippen molar-refractivity contribution in [2.45, 2.75) is 19.0 Å². The van der Waals surface area contributed by atoms with Crippen LogP contribution in [0.2, 0.25) is 0 Å². The summed E-state index contributed by atoms with van der Waals surface area (Å²) in [5.41, 5.74) is 6.36. The molecule has 0 aliphatic carbocycles. The zero-order valence-corrected chi connectivity index (χ0v) is 12.3. The lowest BCUT2D eigenvalue weighted by atomic mass is 10.2. The molecule has 0 radical (unpaired) electrons. The van der Waals surface area contributed by atoms with Crippen molar-refractivity contribution in [2.75, 3.05) is 19.1 Å². The molecule has 8 heteroatoms. The van der Waals surface area contributed by atoms with Crippen LogP contribution in [0.1, 0.15) is 12.0 Å². The van der Waals surface area contributed by atoms with E-state index in [0.717, 1.165) is 11.8 Å². The van der Waals surface area contributed by atoms with Gasteiger partial charge >= 0.3 is 0 Å². The first-order valence-electron chi connectivity index (χ1n) is 6.02. The number of hydrogen-bond donors (Lipinski definition) is 2. The molecule has 0 saturated heterocycles. The van der Waals surface area contributed by atoms with Gasteiger partial charge in [0.25, 0.3) is 0 Å². The van der Waals surface area contributed by atoms with Crippen LogP contribution < -0.4 is 15.8 Å². The minimum atomic E-state index is -3.12. The van der Waals surface area contributed by atoms with E-state index in [1.54, 1.807) is 18.3 Å². The Morgan fingerprint density at radius 3 is 2.85 bits per heavy atom. The molecule has 1 aromatic heterocycles. The van der Waals surface area contributed by atoms with E-state index >= 15 is 0 Å². The maximum Gasteiger partial charge on any atom is 0.237 e. The van der Waals surface area contributed by atoms with E-state index in [1.165, 1.54) is 7.11 Å². The molecule has 1 atom stereocenters. The Balaban J connectivity index is 2.50. The summed E-state index contributed by atoms with van der Waals surface area (Å²) in [6, 6.07) is 2.65. The van der Waals surface area contributed by atoms with E-state index < -0.39 is 21.8 Å². The summed E-state index contributed by atoms with van der Waals surface area (Å²) < 4.78 is 27.1. The average molecular weight is 301 g/mol. The number of hydrogen-bond acceptors (Lipinski definition) is 6. The van der Waals surface area contributed by atoms with Gasteiger partial charge in [0.05, 0.1) is 18.9 Å². The van der Waals surface area contributed by atoms with Gasteiger partial charge in [0.2, 0.25) is 11.8 Å². The van der Waals surface area contributed by atoms with E-state index in [0.29, 0.717) is 5.88 Å². The Hall–Kier alpha value is -1.67. The van der Waals surface area contributed by atoms with Crippen LogP contribution in [0.4, 0.5) is 0 Å². The number of aromatic nitrogens is 1. The van der Waals surface area contributed by atoms with Gasteiger partial charge in [0.1, 0.15) is 9.84 Å². The number of rotatable bonds is 7. The average Bonchev–Trinajstić information content (AvgIpc) is 2.41. The number of pyridine rings is 1. The van der Waals surface area contributed by atoms with Crippen LogP contribution >= 0.6 is 0 Å². The number of carbonyl (C=O) groups is 1. The van der Waals surface area contributed by atoms with E-state index in [-0.39, 0.29) is 18.7 Å². The Labute approximate surface area is 118 Å². The van der Waals surface area contributed by atoms with Crippen LogP contribution in [0.5, 0.6) is 5.88 Å². The lowest BCUT2D eigenvalue weighted by Gasteiger charge is -2.12. The minimum Gasteiger partial charge on any atom is -0.481 e. The number of nitrogens with one attached hydrogen (secondary N) is 1. The van der Waals surface area contributed by atoms with E-state index in [2.05, 4.69) is 10.3 Å². The predicted molar refractivity (Wildman–Crippen MR) is 74.9 cm³/mol. The van der Waals surface area contributed by atoms with Crippen LogP contribution in [-0.2, 0) is 21.2 Å². The number of amides is 1. The van der Waals surface area contributed by atoms with Crippen molar-refractivity contribution in [1.82, 2.24) is 10.3 Å². The molecular formula is C12H19N3O4S. The lowest BCUT2D eigenvalue weighted by molar-refractivity contribution is -0.122. The highest BCUT2D eigenvalue weighted by atomic mass is 32.2. The van der Waals surface area contributed by atoms with Crippen molar-refractivity contribution >= 4 is 15.7 Å². The van der Waals surface area contributed by atoms with Crippen molar-refractivity contribution in [3.8, 4) is 5.88 Å². The highest BCUT2D eigenvalue weighted by Gasteiger charge is 2.16. The summed E-state index contributed by atoms with van der Waals surface area (Å²) in [5, 5.41) is 2.63. The quantitative estimate of drug-likeness (QED) is 0.700. The fraction of sp³-hybridized carbons (Fsp3) is 0.500. The number of ether oxygens (including phenoxy) is 1. The Morgan fingerprint density at radius 1 is 1.55 bits per heavy atom. The summed E-state index contributed by atoms with van der Waals surface area (Å²) in [4.78, 5) is 15.7. The largest absolute Gasteiger partial charge is 0.481 e. The van der Waals surface area contributed by atoms with Gasteiger partial charge in [-0.1, -0.05) is 6.07 Å². The fourth-order valence-electron chi connectivity index (χ4n) is 1.53. The molecule has 1 amide bonds. The Morgan fingerprint density at radius 2 is 2.25 bits per heavy atom. The Bertz CT molecular complexity index is 560. The molecule has 0 aliphatic heterocycles. The van der Waals surface area contributed by atoms with Crippen LogP contribution in [0.3, 0.4) is 0 Å². The van der Waals surface area contributed by atoms with Crippen LogP contribution in [0.15, 0.2) is 18.3 Å². The predicted octanol–water partition coefficient (Wildman–Crippen LogP) is -0.532. The van der Waals surface area contributed by atoms with Gasteiger partial charge < -0.3 is 15.8 Å². The third-order valence-electron chi connectivity index (χ3n) is 2.63.